The number of nitrogens with two attached hydrogens (primary N) is 1. The van der Waals surface area contributed by atoms with Gasteiger partial charge in [0.1, 0.15) is 6.04 Å². The van der Waals surface area contributed by atoms with Crippen molar-refractivity contribution in [3.05, 3.63) is 0 Å². The molecule has 8 heavy (non-hydrogen) atoms. The summed E-state index contributed by atoms with van der Waals surface area (Å²) in [5, 5.41) is 11.2. The summed E-state index contributed by atoms with van der Waals surface area (Å²) in [5.74, 6) is -0.266. The topological polar surface area (TPSA) is 75.4 Å². The highest BCUT2D eigenvalue weighted by Gasteiger charge is 2.28. The lowest BCUT2D eigenvalue weighted by molar-refractivity contribution is -0.120. The molecule has 0 bridgehead atoms. The molecule has 4 nitrogen and oxygen atoms in total. The summed E-state index contributed by atoms with van der Waals surface area (Å²) in [6.45, 7) is 0.292. The molecule has 1 amide bonds. The zero-order chi connectivity index (χ0) is 6.15. The van der Waals surface area contributed by atoms with Gasteiger partial charge >= 0.3 is 0 Å². The number of rotatable bonds is 0. The van der Waals surface area contributed by atoms with E-state index < -0.39 is 12.1 Å². The number of carbonyl (C=O) groups excluding carboxylic acids is 1. The fourth-order valence-corrected chi connectivity index (χ4v) is 0.625. The molecule has 46 valence electrons. The summed E-state index contributed by atoms with van der Waals surface area (Å²) in [6.07, 6.45) is -0.692. The van der Waals surface area contributed by atoms with E-state index in [4.69, 9.17) is 10.8 Å². The lowest BCUT2D eigenvalue weighted by Gasteiger charge is -2.00. The number of aliphatic hydroxyl groups is 1. The van der Waals surface area contributed by atoms with Crippen molar-refractivity contribution in [1.82, 2.24) is 5.32 Å². The van der Waals surface area contributed by atoms with Crippen molar-refractivity contribution in [2.45, 2.75) is 12.1 Å². The molecule has 0 radical (unpaired) electrons. The van der Waals surface area contributed by atoms with Gasteiger partial charge < -0.3 is 16.2 Å². The van der Waals surface area contributed by atoms with Gasteiger partial charge in [-0.1, -0.05) is 0 Å². The van der Waals surface area contributed by atoms with Crippen LogP contribution in [0.25, 0.3) is 0 Å². The molecule has 0 unspecified atom stereocenters. The van der Waals surface area contributed by atoms with Crippen molar-refractivity contribution in [2.24, 2.45) is 5.73 Å². The number of nitrogens with one attached hydrogen (secondary N) is 1. The smallest absolute Gasteiger partial charge is 0.239 e. The van der Waals surface area contributed by atoms with E-state index in [0.717, 1.165) is 0 Å². The highest BCUT2D eigenvalue weighted by Crippen LogP contribution is 1.95. The Morgan fingerprint density at radius 2 is 2.50 bits per heavy atom. The average Bonchev–Trinajstić information content (AvgIpc) is 1.98. The zero-order valence-corrected chi connectivity index (χ0v) is 4.29. The molecular formula is C4H8N2O2. The van der Waals surface area contributed by atoms with Crippen LogP contribution in [0, 0.1) is 0 Å². The summed E-state index contributed by atoms with van der Waals surface area (Å²) in [7, 11) is 0. The van der Waals surface area contributed by atoms with E-state index in [9.17, 15) is 4.79 Å². The van der Waals surface area contributed by atoms with Crippen LogP contribution in [0.2, 0.25) is 0 Å². The molecule has 1 saturated heterocycles. The Balaban J connectivity index is 2.56. The molecule has 1 heterocycles. The van der Waals surface area contributed by atoms with Crippen molar-refractivity contribution >= 4 is 5.91 Å². The van der Waals surface area contributed by atoms with Crippen LogP contribution >= 0.6 is 0 Å². The summed E-state index contributed by atoms with van der Waals surface area (Å²) < 4.78 is 0. The first-order chi connectivity index (χ1) is 3.72. The molecule has 4 N–H and O–H groups in total. The van der Waals surface area contributed by atoms with Gasteiger partial charge in [0.2, 0.25) is 5.91 Å². The first-order valence-electron chi connectivity index (χ1n) is 2.43. The third-order valence-corrected chi connectivity index (χ3v) is 1.20. The number of carbonyl (C=O) groups is 1. The Kier molecular flexibility index (Phi) is 1.19. The Bertz CT molecular complexity index is 115. The quantitative estimate of drug-likeness (QED) is 0.336. The van der Waals surface area contributed by atoms with Crippen molar-refractivity contribution in [1.29, 1.82) is 0 Å². The van der Waals surface area contributed by atoms with E-state index in [1.807, 2.05) is 0 Å². The van der Waals surface area contributed by atoms with Crippen LogP contribution in [-0.4, -0.2) is 29.7 Å². The van der Waals surface area contributed by atoms with Crippen LogP contribution in [0.5, 0.6) is 0 Å². The van der Waals surface area contributed by atoms with Gasteiger partial charge in [0.25, 0.3) is 0 Å². The predicted octanol–water partition coefficient (Wildman–Crippen LogP) is -2.20. The highest BCUT2D eigenvalue weighted by molar-refractivity contribution is 5.84. The van der Waals surface area contributed by atoms with Crippen molar-refractivity contribution in [2.75, 3.05) is 6.54 Å². The van der Waals surface area contributed by atoms with Crippen molar-refractivity contribution < 1.29 is 9.90 Å². The molecule has 0 aliphatic carbocycles. The average molecular weight is 116 g/mol. The van der Waals surface area contributed by atoms with Crippen LogP contribution < -0.4 is 11.1 Å². The Morgan fingerprint density at radius 1 is 1.88 bits per heavy atom. The van der Waals surface area contributed by atoms with Crippen LogP contribution in [0.1, 0.15) is 0 Å². The SMILES string of the molecule is N[C@H]1C(=O)NC[C@H]1O. The second-order valence-electron chi connectivity index (χ2n) is 1.84. The maximum absolute atomic E-state index is 10.4. The molecule has 1 aliphatic rings. The van der Waals surface area contributed by atoms with Crippen LogP contribution in [0.3, 0.4) is 0 Å². The van der Waals surface area contributed by atoms with Crippen molar-refractivity contribution in [3.8, 4) is 0 Å². The molecule has 1 fully saturated rings. The van der Waals surface area contributed by atoms with Gasteiger partial charge in [-0.25, -0.2) is 0 Å². The number of amides is 1. The standard InChI is InChI=1S/C4H8N2O2/c5-3-2(7)1-6-4(3)8/h2-3,7H,1,5H2,(H,6,8)/t2-,3-/m1/s1. The Labute approximate surface area is 46.7 Å². The number of aliphatic hydroxyl groups excluding tert-OH is 1. The van der Waals surface area contributed by atoms with Gasteiger partial charge in [-0.3, -0.25) is 4.79 Å². The molecule has 0 aromatic carbocycles. The van der Waals surface area contributed by atoms with E-state index in [2.05, 4.69) is 5.32 Å². The van der Waals surface area contributed by atoms with Crippen LogP contribution in [0.4, 0.5) is 0 Å². The Hall–Kier alpha value is -0.610. The van der Waals surface area contributed by atoms with Crippen LogP contribution in [-0.2, 0) is 4.79 Å². The fraction of sp³-hybridized carbons (Fsp3) is 0.750. The lowest BCUT2D eigenvalue weighted by atomic mass is 10.2. The largest absolute Gasteiger partial charge is 0.389 e. The minimum Gasteiger partial charge on any atom is -0.389 e. The van der Waals surface area contributed by atoms with E-state index in [-0.39, 0.29) is 5.91 Å². The number of β-amino-alcohol motifs (C(OH)–C–C–N with tert-alkyl or cyclic N) is 1. The third-order valence-electron chi connectivity index (χ3n) is 1.20. The summed E-state index contributed by atoms with van der Waals surface area (Å²) >= 11 is 0. The molecule has 0 saturated carbocycles. The van der Waals surface area contributed by atoms with Crippen molar-refractivity contribution in [3.63, 3.8) is 0 Å². The van der Waals surface area contributed by atoms with Gasteiger partial charge in [-0.2, -0.15) is 0 Å². The van der Waals surface area contributed by atoms with Gasteiger partial charge in [-0.15, -0.1) is 0 Å². The number of hydrogen-bond acceptors (Lipinski definition) is 3. The molecule has 1 aliphatic heterocycles. The first-order valence-corrected chi connectivity index (χ1v) is 2.43. The van der Waals surface area contributed by atoms with E-state index in [1.165, 1.54) is 0 Å². The molecule has 0 spiro atoms. The zero-order valence-electron chi connectivity index (χ0n) is 4.29. The molecule has 2 atom stereocenters. The van der Waals surface area contributed by atoms with Gasteiger partial charge in [0.05, 0.1) is 6.10 Å². The highest BCUT2D eigenvalue weighted by atomic mass is 16.3. The normalized spacial score (nSPS) is 37.5. The monoisotopic (exact) mass is 116 g/mol. The van der Waals surface area contributed by atoms with E-state index in [1.54, 1.807) is 0 Å². The summed E-state index contributed by atoms with van der Waals surface area (Å²) in [6, 6.07) is -0.713. The molecular weight excluding hydrogens is 108 g/mol. The van der Waals surface area contributed by atoms with Gasteiger partial charge in [-0.05, 0) is 0 Å². The summed E-state index contributed by atoms with van der Waals surface area (Å²) in [4.78, 5) is 10.4. The predicted molar refractivity (Wildman–Crippen MR) is 27.0 cm³/mol. The first kappa shape index (κ1) is 5.53. The van der Waals surface area contributed by atoms with E-state index >= 15 is 0 Å². The maximum atomic E-state index is 10.4. The molecule has 1 rings (SSSR count). The second-order valence-corrected chi connectivity index (χ2v) is 1.84. The summed E-state index contributed by atoms with van der Waals surface area (Å²) in [5.41, 5.74) is 5.16. The minimum atomic E-state index is -0.713. The minimum absolute atomic E-state index is 0.266. The third kappa shape index (κ3) is 0.677. The van der Waals surface area contributed by atoms with Gasteiger partial charge in [0, 0.05) is 6.54 Å². The number of hydrogen-bond donors (Lipinski definition) is 3. The fourth-order valence-electron chi connectivity index (χ4n) is 0.625. The Morgan fingerprint density at radius 3 is 2.62 bits per heavy atom. The maximum Gasteiger partial charge on any atom is 0.239 e. The van der Waals surface area contributed by atoms with Crippen LogP contribution in [0.15, 0.2) is 0 Å². The molecule has 4 heteroatoms. The molecule has 0 aromatic heterocycles. The molecule has 0 aromatic rings. The second kappa shape index (κ2) is 1.72. The van der Waals surface area contributed by atoms with Gasteiger partial charge in [0.15, 0.2) is 0 Å². The lowest BCUT2D eigenvalue weighted by Crippen LogP contribution is -2.36. The van der Waals surface area contributed by atoms with E-state index in [0.29, 0.717) is 6.54 Å².